The molecule has 3 rings (SSSR count). The van der Waals surface area contributed by atoms with Crippen molar-refractivity contribution in [3.05, 3.63) is 34.1 Å². The molecule has 0 amide bonds. The van der Waals surface area contributed by atoms with Crippen molar-refractivity contribution in [2.24, 2.45) is 4.99 Å². The van der Waals surface area contributed by atoms with Gasteiger partial charge >= 0.3 is 0 Å². The zero-order valence-electron chi connectivity index (χ0n) is 12.6. The molecule has 1 aromatic rings. The third-order valence-corrected chi connectivity index (χ3v) is 4.69. The maximum absolute atomic E-state index is 13.9. The van der Waals surface area contributed by atoms with Crippen molar-refractivity contribution in [2.75, 3.05) is 6.54 Å². The van der Waals surface area contributed by atoms with E-state index in [1.54, 1.807) is 6.07 Å². The Bertz CT molecular complexity index is 566. The lowest BCUT2D eigenvalue weighted by atomic mass is 9.96. The zero-order valence-corrected chi connectivity index (χ0v) is 14.2. The topological polar surface area (TPSA) is 45.7 Å². The number of hydrogen-bond donors (Lipinski definition) is 2. The Hall–Kier alpha value is -1.14. The smallest absolute Gasteiger partial charge is 0.191 e. The summed E-state index contributed by atoms with van der Waals surface area (Å²) in [6.07, 6.45) is 4.00. The minimum absolute atomic E-state index is 0.239. The number of fused-ring (bicyclic) bond motifs is 2. The van der Waals surface area contributed by atoms with Crippen LogP contribution in [-0.4, -0.2) is 30.8 Å². The number of guanidine groups is 1. The van der Waals surface area contributed by atoms with Crippen molar-refractivity contribution in [3.63, 3.8) is 0 Å². The quantitative estimate of drug-likeness (QED) is 0.633. The van der Waals surface area contributed by atoms with E-state index in [-0.39, 0.29) is 5.82 Å². The number of halogens is 2. The summed E-state index contributed by atoms with van der Waals surface area (Å²) in [7, 11) is 0. The number of nitrogens with zero attached hydrogens (tertiary/aromatic N) is 1. The van der Waals surface area contributed by atoms with Crippen LogP contribution in [0.5, 0.6) is 0 Å². The average Bonchev–Trinajstić information content (AvgIpc) is 3.09. The van der Waals surface area contributed by atoms with Gasteiger partial charge in [-0.2, -0.15) is 0 Å². The molecule has 2 aliphatic rings. The van der Waals surface area contributed by atoms with E-state index < -0.39 is 0 Å². The predicted molar refractivity (Wildman–Crippen MR) is 88.4 cm³/mol. The lowest BCUT2D eigenvalue weighted by Crippen LogP contribution is -2.47. The fraction of sp³-hybridized carbons (Fsp3) is 0.562. The van der Waals surface area contributed by atoms with Crippen molar-refractivity contribution < 1.29 is 9.13 Å². The molecule has 6 heteroatoms. The van der Waals surface area contributed by atoms with Gasteiger partial charge in [0.05, 0.1) is 24.8 Å². The number of nitrogens with one attached hydrogen (secondary N) is 2. The molecule has 120 valence electrons. The van der Waals surface area contributed by atoms with Crippen LogP contribution in [0.15, 0.2) is 27.7 Å². The monoisotopic (exact) mass is 369 g/mol. The van der Waals surface area contributed by atoms with E-state index >= 15 is 0 Å². The molecule has 0 aromatic heterocycles. The van der Waals surface area contributed by atoms with Gasteiger partial charge in [0.15, 0.2) is 5.96 Å². The summed E-state index contributed by atoms with van der Waals surface area (Å²) in [5, 5.41) is 6.65. The van der Waals surface area contributed by atoms with Crippen LogP contribution in [0.1, 0.15) is 31.7 Å². The van der Waals surface area contributed by atoms with Crippen LogP contribution in [-0.2, 0) is 11.3 Å². The van der Waals surface area contributed by atoms with Crippen LogP contribution < -0.4 is 10.6 Å². The largest absolute Gasteiger partial charge is 0.373 e. The Kier molecular flexibility index (Phi) is 4.98. The summed E-state index contributed by atoms with van der Waals surface area (Å²) >= 11 is 3.26. The van der Waals surface area contributed by atoms with Gasteiger partial charge in [-0.1, -0.05) is 22.0 Å². The Morgan fingerprint density at radius 2 is 2.32 bits per heavy atom. The first-order valence-corrected chi connectivity index (χ1v) is 8.59. The van der Waals surface area contributed by atoms with E-state index in [9.17, 15) is 4.39 Å². The Labute approximate surface area is 138 Å². The lowest BCUT2D eigenvalue weighted by molar-refractivity contribution is 0.0992. The van der Waals surface area contributed by atoms with Crippen molar-refractivity contribution in [2.45, 2.75) is 51.0 Å². The van der Waals surface area contributed by atoms with Crippen LogP contribution in [0.4, 0.5) is 4.39 Å². The summed E-state index contributed by atoms with van der Waals surface area (Å²) in [6, 6.07) is 5.37. The minimum Gasteiger partial charge on any atom is -0.373 e. The molecule has 2 fully saturated rings. The molecule has 0 radical (unpaired) electrons. The van der Waals surface area contributed by atoms with Gasteiger partial charge in [-0.25, -0.2) is 9.38 Å². The third-order valence-electron chi connectivity index (χ3n) is 4.19. The molecule has 4 nitrogen and oxygen atoms in total. The summed E-state index contributed by atoms with van der Waals surface area (Å²) < 4.78 is 20.4. The summed E-state index contributed by atoms with van der Waals surface area (Å²) in [6.45, 7) is 3.11. The lowest BCUT2D eigenvalue weighted by Gasteiger charge is -2.22. The molecular weight excluding hydrogens is 349 g/mol. The second-order valence-corrected chi connectivity index (χ2v) is 6.71. The van der Waals surface area contributed by atoms with Crippen molar-refractivity contribution in [1.29, 1.82) is 0 Å². The minimum atomic E-state index is -0.239. The van der Waals surface area contributed by atoms with Crippen molar-refractivity contribution in [3.8, 4) is 0 Å². The molecule has 3 unspecified atom stereocenters. The highest BCUT2D eigenvalue weighted by Gasteiger charge is 2.41. The van der Waals surface area contributed by atoms with E-state index in [1.807, 2.05) is 13.0 Å². The molecule has 2 heterocycles. The first-order valence-electron chi connectivity index (χ1n) is 7.80. The second kappa shape index (κ2) is 6.96. The van der Waals surface area contributed by atoms with Gasteiger partial charge in [0.2, 0.25) is 0 Å². The van der Waals surface area contributed by atoms with Crippen molar-refractivity contribution in [1.82, 2.24) is 10.6 Å². The Morgan fingerprint density at radius 3 is 2.95 bits per heavy atom. The molecule has 2 bridgehead atoms. The molecule has 22 heavy (non-hydrogen) atoms. The van der Waals surface area contributed by atoms with E-state index in [2.05, 4.69) is 31.6 Å². The molecule has 0 spiro atoms. The summed E-state index contributed by atoms with van der Waals surface area (Å²) in [5.41, 5.74) is 0.588. The van der Waals surface area contributed by atoms with Crippen LogP contribution in [0.2, 0.25) is 0 Å². The normalized spacial score (nSPS) is 27.2. The van der Waals surface area contributed by atoms with Gasteiger partial charge in [-0.15, -0.1) is 0 Å². The van der Waals surface area contributed by atoms with Gasteiger partial charge < -0.3 is 15.4 Å². The molecule has 0 aliphatic carbocycles. The molecule has 2 aliphatic heterocycles. The number of rotatable bonds is 4. The summed E-state index contributed by atoms with van der Waals surface area (Å²) in [4.78, 5) is 4.50. The van der Waals surface area contributed by atoms with E-state index in [0.717, 1.165) is 29.8 Å². The maximum Gasteiger partial charge on any atom is 0.191 e. The van der Waals surface area contributed by atoms with Gasteiger partial charge in [0, 0.05) is 16.6 Å². The Morgan fingerprint density at radius 1 is 1.45 bits per heavy atom. The number of ether oxygens (including phenoxy) is 1. The standard InChI is InChI=1S/C16H21BrFN3O/c1-2-19-16(21-14-8-12-5-6-15(14)22-12)20-9-10-3-4-11(17)7-13(10)18/h3-4,7,12,14-15H,2,5-6,8-9H2,1H3,(H2,19,20,21). The maximum atomic E-state index is 13.9. The molecule has 3 atom stereocenters. The molecule has 2 saturated heterocycles. The van der Waals surface area contributed by atoms with Crippen molar-refractivity contribution >= 4 is 21.9 Å². The first-order chi connectivity index (χ1) is 10.7. The molecule has 0 saturated carbocycles. The molecular formula is C16H21BrFN3O. The SMILES string of the molecule is CCNC(=NCc1ccc(Br)cc1F)NC1CC2CCC1O2. The highest BCUT2D eigenvalue weighted by atomic mass is 79.9. The van der Waals surface area contributed by atoms with Crippen LogP contribution in [0.25, 0.3) is 0 Å². The number of hydrogen-bond acceptors (Lipinski definition) is 2. The highest BCUT2D eigenvalue weighted by Crippen LogP contribution is 2.34. The fourth-order valence-corrected chi connectivity index (χ4v) is 3.43. The summed E-state index contributed by atoms with van der Waals surface area (Å²) in [5.74, 6) is 0.489. The first kappa shape index (κ1) is 15.7. The zero-order chi connectivity index (χ0) is 15.5. The van der Waals surface area contributed by atoms with Crippen LogP contribution >= 0.6 is 15.9 Å². The second-order valence-electron chi connectivity index (χ2n) is 5.79. The molecule has 1 aromatic carbocycles. The van der Waals surface area contributed by atoms with Crippen LogP contribution in [0.3, 0.4) is 0 Å². The van der Waals surface area contributed by atoms with E-state index in [0.29, 0.717) is 30.4 Å². The Balaban J connectivity index is 1.65. The predicted octanol–water partition coefficient (Wildman–Crippen LogP) is 2.96. The molecule has 2 N–H and O–H groups in total. The fourth-order valence-electron chi connectivity index (χ4n) is 3.10. The van der Waals surface area contributed by atoms with Gasteiger partial charge in [0.1, 0.15) is 5.82 Å². The number of benzene rings is 1. The van der Waals surface area contributed by atoms with Gasteiger partial charge in [-0.05, 0) is 38.3 Å². The van der Waals surface area contributed by atoms with E-state index in [1.165, 1.54) is 12.5 Å². The average molecular weight is 370 g/mol. The number of aliphatic imine (C=N–C) groups is 1. The van der Waals surface area contributed by atoms with E-state index in [4.69, 9.17) is 4.74 Å². The van der Waals surface area contributed by atoms with Crippen LogP contribution in [0, 0.1) is 5.82 Å². The highest BCUT2D eigenvalue weighted by molar-refractivity contribution is 9.10. The van der Waals surface area contributed by atoms with Gasteiger partial charge in [0.25, 0.3) is 0 Å². The third kappa shape index (κ3) is 3.60. The van der Waals surface area contributed by atoms with Gasteiger partial charge in [-0.3, -0.25) is 0 Å².